The maximum atomic E-state index is 15.1. The molecule has 0 radical (unpaired) electrons. The van der Waals surface area contributed by atoms with E-state index in [2.05, 4.69) is 27.7 Å². The van der Waals surface area contributed by atoms with Crippen molar-refractivity contribution >= 4 is 35.5 Å². The van der Waals surface area contributed by atoms with Gasteiger partial charge in [0.05, 0.1) is 6.10 Å². The SMILES string of the molecule is CCCCC(C)(C)[C@H](O)/C=C/[C@@H]1[C@H]2C(F)/C(=C/CCCC(=O)O)O[C@H]2C[C@H]1C.[NaH]. The van der Waals surface area contributed by atoms with E-state index in [9.17, 15) is 9.90 Å². The summed E-state index contributed by atoms with van der Waals surface area (Å²) >= 11 is 0. The molecule has 29 heavy (non-hydrogen) atoms. The second kappa shape index (κ2) is 11.9. The first-order valence-corrected chi connectivity index (χ1v) is 10.8. The predicted molar refractivity (Wildman–Crippen MR) is 116 cm³/mol. The molecule has 162 valence electrons. The number of rotatable bonds is 10. The third-order valence-corrected chi connectivity index (χ3v) is 6.46. The fraction of sp³-hybridized carbons (Fsp3) is 0.783. The summed E-state index contributed by atoms with van der Waals surface area (Å²) < 4.78 is 20.9. The molecular formula is C23H38FNaO4. The number of hydrogen-bond donors (Lipinski definition) is 2. The monoisotopic (exact) mass is 420 g/mol. The number of halogens is 1. The third-order valence-electron chi connectivity index (χ3n) is 6.46. The number of alkyl halides is 1. The van der Waals surface area contributed by atoms with Crippen molar-refractivity contribution < 1.29 is 24.1 Å². The van der Waals surface area contributed by atoms with Crippen LogP contribution in [0.4, 0.5) is 4.39 Å². The maximum absolute atomic E-state index is 15.1. The van der Waals surface area contributed by atoms with Gasteiger partial charge in [-0.1, -0.05) is 52.7 Å². The summed E-state index contributed by atoms with van der Waals surface area (Å²) in [6.07, 6.45) is 8.81. The van der Waals surface area contributed by atoms with Crippen LogP contribution in [0, 0.1) is 23.2 Å². The molecular weight excluding hydrogens is 382 g/mol. The molecule has 0 aromatic heterocycles. The zero-order chi connectivity index (χ0) is 20.9. The number of carboxylic acid groups (broad SMARTS) is 1. The molecule has 2 aliphatic rings. The van der Waals surface area contributed by atoms with Crippen LogP contribution < -0.4 is 0 Å². The van der Waals surface area contributed by atoms with Crippen LogP contribution in [0.5, 0.6) is 0 Å². The molecule has 1 saturated heterocycles. The third kappa shape index (κ3) is 7.09. The number of aliphatic carboxylic acids is 1. The van der Waals surface area contributed by atoms with Crippen LogP contribution in [0.2, 0.25) is 0 Å². The molecule has 1 saturated carbocycles. The van der Waals surface area contributed by atoms with Crippen LogP contribution in [-0.2, 0) is 9.53 Å². The molecule has 0 amide bonds. The van der Waals surface area contributed by atoms with E-state index in [4.69, 9.17) is 9.84 Å². The number of aliphatic hydroxyl groups excluding tert-OH is 1. The van der Waals surface area contributed by atoms with E-state index in [0.29, 0.717) is 24.5 Å². The Bertz CT molecular complexity index is 589. The summed E-state index contributed by atoms with van der Waals surface area (Å²) in [6.45, 7) is 8.42. The van der Waals surface area contributed by atoms with E-state index in [-0.39, 0.29) is 59.3 Å². The molecule has 0 bridgehead atoms. The van der Waals surface area contributed by atoms with Gasteiger partial charge in [-0.15, -0.1) is 0 Å². The van der Waals surface area contributed by atoms with Gasteiger partial charge >= 0.3 is 35.5 Å². The average Bonchev–Trinajstić information content (AvgIpc) is 3.09. The van der Waals surface area contributed by atoms with Gasteiger partial charge in [0.25, 0.3) is 0 Å². The topological polar surface area (TPSA) is 66.8 Å². The van der Waals surface area contributed by atoms with Crippen molar-refractivity contribution in [3.05, 3.63) is 24.0 Å². The van der Waals surface area contributed by atoms with E-state index in [1.807, 2.05) is 12.2 Å². The van der Waals surface area contributed by atoms with Gasteiger partial charge in [0.1, 0.15) is 11.9 Å². The zero-order valence-corrected chi connectivity index (χ0v) is 17.7. The van der Waals surface area contributed by atoms with E-state index < -0.39 is 18.2 Å². The summed E-state index contributed by atoms with van der Waals surface area (Å²) in [5, 5.41) is 19.3. The van der Waals surface area contributed by atoms with E-state index in [1.54, 1.807) is 6.08 Å². The molecule has 1 unspecified atom stereocenters. The van der Waals surface area contributed by atoms with Crippen molar-refractivity contribution in [2.45, 2.75) is 91.0 Å². The number of aliphatic hydroxyl groups is 1. The fourth-order valence-electron chi connectivity index (χ4n) is 4.50. The zero-order valence-electron chi connectivity index (χ0n) is 17.7. The van der Waals surface area contributed by atoms with Crippen LogP contribution >= 0.6 is 0 Å². The molecule has 1 aliphatic heterocycles. The molecule has 1 aliphatic carbocycles. The fourth-order valence-corrected chi connectivity index (χ4v) is 4.50. The molecule has 2 rings (SSSR count). The molecule has 0 spiro atoms. The van der Waals surface area contributed by atoms with Crippen molar-refractivity contribution in [3.63, 3.8) is 0 Å². The molecule has 1 heterocycles. The summed E-state index contributed by atoms with van der Waals surface area (Å²) in [7, 11) is 0. The number of hydrogen-bond acceptors (Lipinski definition) is 3. The van der Waals surface area contributed by atoms with Crippen molar-refractivity contribution in [3.8, 4) is 0 Å². The van der Waals surface area contributed by atoms with Gasteiger partial charge < -0.3 is 14.9 Å². The standard InChI is InChI=1S/C23H37FO4.Na.H/c1-5-6-13-23(3,4)19(25)12-11-16-15(2)14-18-21(16)22(24)17(28-18)9-7-8-10-20(26)27;;/h9,11-12,15-16,18-19,21-22,25H,5-8,10,13-14H2,1-4H3,(H,26,27);;/b12-11+,17-9-;;/t15-,16+,18+,19-,21-,22?;;/m1../s1. The van der Waals surface area contributed by atoms with Gasteiger partial charge in [-0.3, -0.25) is 4.79 Å². The Hall–Kier alpha value is -0.360. The number of ether oxygens (including phenoxy) is 1. The van der Waals surface area contributed by atoms with Crippen molar-refractivity contribution in [1.82, 2.24) is 0 Å². The van der Waals surface area contributed by atoms with Crippen LogP contribution in [0.3, 0.4) is 0 Å². The van der Waals surface area contributed by atoms with Gasteiger partial charge in [0.15, 0.2) is 6.17 Å². The summed E-state index contributed by atoms with van der Waals surface area (Å²) in [6, 6.07) is 0. The minimum atomic E-state index is -1.15. The Morgan fingerprint density at radius 2 is 2.07 bits per heavy atom. The number of unbranched alkanes of at least 4 members (excludes halogenated alkanes) is 2. The summed E-state index contributed by atoms with van der Waals surface area (Å²) in [4.78, 5) is 10.6. The van der Waals surface area contributed by atoms with Crippen LogP contribution in [-0.4, -0.2) is 64.1 Å². The first kappa shape index (κ1) is 26.7. The van der Waals surface area contributed by atoms with Gasteiger partial charge in [0, 0.05) is 12.3 Å². The van der Waals surface area contributed by atoms with Gasteiger partial charge in [-0.25, -0.2) is 4.39 Å². The number of carbonyl (C=O) groups is 1. The molecule has 2 fully saturated rings. The first-order valence-electron chi connectivity index (χ1n) is 10.8. The number of allylic oxidation sites excluding steroid dienone is 3. The Morgan fingerprint density at radius 1 is 1.38 bits per heavy atom. The van der Waals surface area contributed by atoms with Crippen LogP contribution in [0.25, 0.3) is 0 Å². The Kier molecular flexibility index (Phi) is 10.9. The van der Waals surface area contributed by atoms with E-state index in [1.165, 1.54) is 0 Å². The predicted octanol–water partition coefficient (Wildman–Crippen LogP) is 4.62. The van der Waals surface area contributed by atoms with Crippen molar-refractivity contribution in [2.24, 2.45) is 23.2 Å². The minimum absolute atomic E-state index is 0. The molecule has 6 heteroatoms. The second-order valence-corrected chi connectivity index (χ2v) is 9.24. The molecule has 0 aromatic carbocycles. The number of fused-ring (bicyclic) bond motifs is 1. The normalized spacial score (nSPS) is 31.5. The van der Waals surface area contributed by atoms with Crippen LogP contribution in [0.15, 0.2) is 24.0 Å². The summed E-state index contributed by atoms with van der Waals surface area (Å²) in [5.74, 6) is -0.332. The van der Waals surface area contributed by atoms with Crippen molar-refractivity contribution in [2.75, 3.05) is 0 Å². The van der Waals surface area contributed by atoms with Gasteiger partial charge in [-0.05, 0) is 49.0 Å². The number of carboxylic acids is 1. The van der Waals surface area contributed by atoms with E-state index >= 15 is 4.39 Å². The van der Waals surface area contributed by atoms with Crippen LogP contribution in [0.1, 0.15) is 72.6 Å². The van der Waals surface area contributed by atoms with Gasteiger partial charge in [-0.2, -0.15) is 0 Å². The second-order valence-electron chi connectivity index (χ2n) is 9.24. The Balaban J connectivity index is 0.00000420. The molecule has 2 N–H and O–H groups in total. The first-order chi connectivity index (χ1) is 13.2. The Morgan fingerprint density at radius 3 is 2.69 bits per heavy atom. The average molecular weight is 421 g/mol. The van der Waals surface area contributed by atoms with Gasteiger partial charge in [0.2, 0.25) is 0 Å². The quantitative estimate of drug-likeness (QED) is 0.307. The Labute approximate surface area is 197 Å². The van der Waals surface area contributed by atoms with Crippen molar-refractivity contribution in [1.29, 1.82) is 0 Å². The molecule has 6 atom stereocenters. The van der Waals surface area contributed by atoms with E-state index in [0.717, 1.165) is 25.7 Å². The summed E-state index contributed by atoms with van der Waals surface area (Å²) in [5.41, 5.74) is -0.190. The molecule has 4 nitrogen and oxygen atoms in total. The molecule has 0 aromatic rings.